The van der Waals surface area contributed by atoms with Crippen LogP contribution in [0.15, 0.2) is 76.9 Å². The van der Waals surface area contributed by atoms with Gasteiger partial charge in [0.1, 0.15) is 5.75 Å². The molecule has 0 spiro atoms. The number of ether oxygens (including phenoxy) is 1. The molecule has 0 bridgehead atoms. The molecule has 2 aromatic carbocycles. The minimum Gasteiger partial charge on any atom is -0.451 e. The minimum absolute atomic E-state index is 0.107. The molecule has 1 heterocycles. The monoisotopic (exact) mass is 471 g/mol. The zero-order chi connectivity index (χ0) is 19.1. The minimum atomic E-state index is -0.199. The highest BCUT2D eigenvalue weighted by Crippen LogP contribution is 2.21. The fourth-order valence-electron chi connectivity index (χ4n) is 2.61. The molecule has 0 saturated carbocycles. The van der Waals surface area contributed by atoms with Gasteiger partial charge in [-0.05, 0) is 79.6 Å². The molecule has 0 saturated heterocycles. The summed E-state index contributed by atoms with van der Waals surface area (Å²) in [5, 5.41) is 3.01. The summed E-state index contributed by atoms with van der Waals surface area (Å²) in [4.78, 5) is 12.3. The van der Waals surface area contributed by atoms with Crippen molar-refractivity contribution in [1.29, 1.82) is 0 Å². The van der Waals surface area contributed by atoms with E-state index in [1.807, 2.05) is 80.6 Å². The van der Waals surface area contributed by atoms with Crippen molar-refractivity contribution in [2.75, 3.05) is 0 Å². The van der Waals surface area contributed by atoms with Gasteiger partial charge in [0.05, 0.1) is 6.04 Å². The molecule has 0 aromatic heterocycles. The zero-order valence-corrected chi connectivity index (χ0v) is 17.5. The Labute approximate surface area is 170 Å². The van der Waals surface area contributed by atoms with Crippen molar-refractivity contribution in [3.05, 3.63) is 93.6 Å². The van der Waals surface area contributed by atoms with Crippen LogP contribution in [0.2, 0.25) is 0 Å². The van der Waals surface area contributed by atoms with Gasteiger partial charge in [0.2, 0.25) is 5.91 Å². The summed E-state index contributed by atoms with van der Waals surface area (Å²) >= 11 is -0.199. The molecule has 1 amide bonds. The van der Waals surface area contributed by atoms with Gasteiger partial charge in [-0.2, -0.15) is 0 Å². The summed E-state index contributed by atoms with van der Waals surface area (Å²) in [6.07, 6.45) is 9.49. The lowest BCUT2D eigenvalue weighted by molar-refractivity contribution is -0.117. The lowest BCUT2D eigenvalue weighted by Crippen LogP contribution is -2.24. The number of allylic oxidation sites excluding steroid dienone is 2. The zero-order valence-electron chi connectivity index (χ0n) is 15.4. The van der Waals surface area contributed by atoms with Crippen molar-refractivity contribution in [3.8, 4) is 5.75 Å². The van der Waals surface area contributed by atoms with E-state index in [0.717, 1.165) is 26.1 Å². The molecule has 1 N–H and O–H groups in total. The summed E-state index contributed by atoms with van der Waals surface area (Å²) in [5.74, 6) is 0.691. The number of halogens is 1. The highest BCUT2D eigenvalue weighted by atomic mass is 127. The highest BCUT2D eigenvalue weighted by molar-refractivity contribution is 14.2. The third kappa shape index (κ3) is 5.76. The molecular weight excluding hydrogens is 449 g/mol. The van der Waals surface area contributed by atoms with Crippen LogP contribution in [0.25, 0.3) is 6.08 Å². The maximum absolute atomic E-state index is 12.3. The SMILES string of the molecule is Cc1ccccc1/C=C/C(=O)N[C@@H](C)c1cccc(OC2=IC=CC=C2)c1. The molecule has 1 aliphatic heterocycles. The van der Waals surface area contributed by atoms with Crippen LogP contribution in [0.1, 0.15) is 29.7 Å². The van der Waals surface area contributed by atoms with Crippen molar-refractivity contribution in [2.24, 2.45) is 0 Å². The maximum atomic E-state index is 12.3. The van der Waals surface area contributed by atoms with Crippen LogP contribution in [-0.4, -0.2) is 9.60 Å². The molecule has 0 fully saturated rings. The molecule has 4 heteroatoms. The van der Waals surface area contributed by atoms with Crippen molar-refractivity contribution in [2.45, 2.75) is 19.9 Å². The Hall–Kier alpha value is -2.47. The smallest absolute Gasteiger partial charge is 0.244 e. The van der Waals surface area contributed by atoms with Gasteiger partial charge in [0.15, 0.2) is 3.69 Å². The molecule has 0 aliphatic carbocycles. The number of nitrogens with one attached hydrogen (secondary N) is 1. The molecule has 0 radical (unpaired) electrons. The Morgan fingerprint density at radius 1 is 1.15 bits per heavy atom. The number of hydrogen-bond donors (Lipinski definition) is 1. The van der Waals surface area contributed by atoms with E-state index < -0.39 is 0 Å². The van der Waals surface area contributed by atoms with Gasteiger partial charge >= 0.3 is 0 Å². The average Bonchev–Trinajstić information content (AvgIpc) is 2.68. The average molecular weight is 471 g/mol. The largest absolute Gasteiger partial charge is 0.451 e. The van der Waals surface area contributed by atoms with Gasteiger partial charge < -0.3 is 10.1 Å². The molecule has 27 heavy (non-hydrogen) atoms. The number of benzene rings is 2. The number of hydrogen-bond acceptors (Lipinski definition) is 2. The summed E-state index contributed by atoms with van der Waals surface area (Å²) < 4.78 is 9.16. The maximum Gasteiger partial charge on any atom is 0.244 e. The lowest BCUT2D eigenvalue weighted by atomic mass is 10.1. The van der Waals surface area contributed by atoms with Crippen molar-refractivity contribution < 1.29 is 9.53 Å². The summed E-state index contributed by atoms with van der Waals surface area (Å²) in [7, 11) is 0. The van der Waals surface area contributed by atoms with Crippen LogP contribution in [0, 0.1) is 6.92 Å². The summed E-state index contributed by atoms with van der Waals surface area (Å²) in [5.41, 5.74) is 3.20. The fraction of sp³-hybridized carbons (Fsp3) is 0.130. The quantitative estimate of drug-likeness (QED) is 0.450. The topological polar surface area (TPSA) is 38.3 Å². The number of rotatable bonds is 6. The predicted molar refractivity (Wildman–Crippen MR) is 121 cm³/mol. The van der Waals surface area contributed by atoms with E-state index in [0.29, 0.717) is 0 Å². The molecular formula is C23H22INO2. The number of carbonyl (C=O) groups is 1. The summed E-state index contributed by atoms with van der Waals surface area (Å²) in [6.45, 7) is 4.01. The first-order chi connectivity index (χ1) is 13.1. The molecule has 2 aromatic rings. The molecule has 0 unspecified atom stereocenters. The third-order valence-corrected chi connectivity index (χ3v) is 6.09. The standard InChI is InChI=1S/C23H22INO2/c1-17-8-3-4-9-19(17)13-14-23(26)25-18(2)20-10-7-11-21(16-20)27-22-12-5-6-15-24-22/h3-16,18H,1-2H3,(H,25,26)/b14-13+/t18-/m0/s1. The van der Waals surface area contributed by atoms with Crippen LogP contribution in [0.4, 0.5) is 0 Å². The van der Waals surface area contributed by atoms with Gasteiger partial charge in [-0.3, -0.25) is 4.79 Å². The summed E-state index contributed by atoms with van der Waals surface area (Å²) in [6, 6.07) is 15.8. The lowest BCUT2D eigenvalue weighted by Gasteiger charge is -2.15. The number of carbonyl (C=O) groups excluding carboxylic acids is 1. The van der Waals surface area contributed by atoms with E-state index in [9.17, 15) is 4.79 Å². The molecule has 138 valence electrons. The van der Waals surface area contributed by atoms with Crippen LogP contribution >= 0.6 is 20.7 Å². The third-order valence-electron chi connectivity index (χ3n) is 4.12. The van der Waals surface area contributed by atoms with E-state index in [4.69, 9.17) is 4.74 Å². The number of aryl methyl sites for hydroxylation is 1. The second-order valence-electron chi connectivity index (χ2n) is 6.19. The first kappa shape index (κ1) is 19.3. The first-order valence-electron chi connectivity index (χ1n) is 8.77. The predicted octanol–water partition coefficient (Wildman–Crippen LogP) is 5.45. The van der Waals surface area contributed by atoms with Crippen molar-refractivity contribution in [3.63, 3.8) is 0 Å². The second kappa shape index (κ2) is 9.46. The fourth-order valence-corrected chi connectivity index (χ4v) is 4.21. The molecule has 1 atom stereocenters. The van der Waals surface area contributed by atoms with Gasteiger partial charge in [-0.25, -0.2) is 0 Å². The number of amides is 1. The van der Waals surface area contributed by atoms with E-state index in [-0.39, 0.29) is 32.7 Å². The van der Waals surface area contributed by atoms with Gasteiger partial charge in [-0.15, -0.1) is 0 Å². The van der Waals surface area contributed by atoms with Crippen LogP contribution in [0.5, 0.6) is 5.75 Å². The normalized spacial score (nSPS) is 14.4. The Balaban J connectivity index is 1.63. The van der Waals surface area contributed by atoms with Gasteiger partial charge in [0, 0.05) is 6.08 Å². The Morgan fingerprint density at radius 2 is 2.00 bits per heavy atom. The molecule has 3 nitrogen and oxygen atoms in total. The van der Waals surface area contributed by atoms with E-state index in [1.54, 1.807) is 6.08 Å². The van der Waals surface area contributed by atoms with E-state index in [2.05, 4.69) is 15.5 Å². The van der Waals surface area contributed by atoms with Crippen molar-refractivity contribution in [1.82, 2.24) is 5.32 Å². The van der Waals surface area contributed by atoms with Crippen LogP contribution in [0.3, 0.4) is 0 Å². The van der Waals surface area contributed by atoms with Crippen LogP contribution < -0.4 is 10.1 Å². The van der Waals surface area contributed by atoms with E-state index >= 15 is 0 Å². The van der Waals surface area contributed by atoms with Crippen LogP contribution in [-0.2, 0) is 4.79 Å². The highest BCUT2D eigenvalue weighted by Gasteiger charge is 2.09. The van der Waals surface area contributed by atoms with E-state index in [1.165, 1.54) is 0 Å². The first-order valence-corrected chi connectivity index (χ1v) is 11.1. The van der Waals surface area contributed by atoms with Gasteiger partial charge in [0.25, 0.3) is 0 Å². The Kier molecular flexibility index (Phi) is 6.76. The Bertz CT molecular complexity index is 941. The molecule has 3 rings (SSSR count). The Morgan fingerprint density at radius 3 is 2.78 bits per heavy atom. The van der Waals surface area contributed by atoms with Crippen molar-refractivity contribution >= 4 is 36.4 Å². The molecule has 1 aliphatic rings. The van der Waals surface area contributed by atoms with Gasteiger partial charge in [-0.1, -0.05) is 48.6 Å². The second-order valence-corrected chi connectivity index (χ2v) is 8.59.